The van der Waals surface area contributed by atoms with E-state index >= 15 is 0 Å². The van der Waals surface area contributed by atoms with Gasteiger partial charge in [0, 0.05) is 12.5 Å². The van der Waals surface area contributed by atoms with Gasteiger partial charge in [-0.1, -0.05) is 30.3 Å². The van der Waals surface area contributed by atoms with Crippen molar-refractivity contribution >= 4 is 23.6 Å². The third kappa shape index (κ3) is 7.52. The molecule has 1 aromatic rings. The van der Waals surface area contributed by atoms with E-state index in [-0.39, 0.29) is 11.9 Å². The van der Waals surface area contributed by atoms with Gasteiger partial charge in [0.1, 0.15) is 12.1 Å². The van der Waals surface area contributed by atoms with Crippen molar-refractivity contribution in [2.45, 2.75) is 43.9 Å². The second-order valence-electron chi connectivity index (χ2n) is 6.67. The number of benzene rings is 1. The molecule has 1 aliphatic rings. The first-order valence-corrected chi connectivity index (χ1v) is 10.8. The maximum absolute atomic E-state index is 12.9. The number of hydrogen-bond donors (Lipinski definition) is 2. The summed E-state index contributed by atoms with van der Waals surface area (Å²) in [4.78, 5) is 24.9. The van der Waals surface area contributed by atoms with Crippen LogP contribution in [0.1, 0.15) is 24.8 Å². The predicted octanol–water partition coefficient (Wildman–Crippen LogP) is 1.78. The van der Waals surface area contributed by atoms with Crippen LogP contribution in [0.15, 0.2) is 30.3 Å². The minimum Gasteiger partial charge on any atom is -0.467 e. The van der Waals surface area contributed by atoms with Crippen molar-refractivity contribution in [2.24, 2.45) is 0 Å². The summed E-state index contributed by atoms with van der Waals surface area (Å²) in [6.45, 7) is 1.47. The zero-order valence-corrected chi connectivity index (χ0v) is 16.9. The van der Waals surface area contributed by atoms with Crippen LogP contribution in [0.25, 0.3) is 0 Å². The van der Waals surface area contributed by atoms with E-state index in [1.54, 1.807) is 11.8 Å². The van der Waals surface area contributed by atoms with Crippen molar-refractivity contribution in [3.05, 3.63) is 35.9 Å². The molecule has 0 bridgehead atoms. The van der Waals surface area contributed by atoms with Crippen molar-refractivity contribution in [1.29, 1.82) is 0 Å². The standard InChI is InChI=1S/C20H30N2O4S/c1-25-20(24)17(10-12-27-2)22-19(23)18(13-15-7-4-3-5-8-15)26-14-16-9-6-11-21-16/h3-5,7-8,16-18,21H,6,9-14H2,1-2H3,(H,22,23)/t16-,17-,18?/m0/s1. The van der Waals surface area contributed by atoms with Gasteiger partial charge in [-0.05, 0) is 43.4 Å². The smallest absolute Gasteiger partial charge is 0.328 e. The van der Waals surface area contributed by atoms with Crippen LogP contribution in [0.4, 0.5) is 0 Å². The molecule has 6 nitrogen and oxygen atoms in total. The Labute approximate surface area is 165 Å². The second kappa shape index (κ2) is 12.0. The highest BCUT2D eigenvalue weighted by molar-refractivity contribution is 7.98. The van der Waals surface area contributed by atoms with Gasteiger partial charge in [-0.3, -0.25) is 4.79 Å². The molecule has 1 aromatic carbocycles. The van der Waals surface area contributed by atoms with Crippen molar-refractivity contribution < 1.29 is 19.1 Å². The lowest BCUT2D eigenvalue weighted by atomic mass is 10.1. The van der Waals surface area contributed by atoms with Crippen LogP contribution in [0, 0.1) is 0 Å². The Morgan fingerprint density at radius 2 is 2.11 bits per heavy atom. The number of esters is 1. The molecule has 1 amide bonds. The zero-order chi connectivity index (χ0) is 19.5. The molecule has 3 atom stereocenters. The molecule has 0 saturated carbocycles. The maximum Gasteiger partial charge on any atom is 0.328 e. The number of methoxy groups -OCH3 is 1. The van der Waals surface area contributed by atoms with Crippen molar-refractivity contribution in [1.82, 2.24) is 10.6 Å². The first-order valence-electron chi connectivity index (χ1n) is 9.40. The van der Waals surface area contributed by atoms with E-state index in [2.05, 4.69) is 10.6 Å². The third-order valence-electron chi connectivity index (χ3n) is 4.63. The molecule has 150 valence electrons. The minimum atomic E-state index is -0.651. The average molecular weight is 395 g/mol. The Bertz CT molecular complexity index is 579. The molecule has 0 aromatic heterocycles. The van der Waals surface area contributed by atoms with E-state index in [9.17, 15) is 9.59 Å². The summed E-state index contributed by atoms with van der Waals surface area (Å²) in [7, 11) is 1.34. The fraction of sp³-hybridized carbons (Fsp3) is 0.600. The summed E-state index contributed by atoms with van der Waals surface area (Å²) >= 11 is 1.62. The second-order valence-corrected chi connectivity index (χ2v) is 7.66. The molecule has 0 aliphatic carbocycles. The molecular weight excluding hydrogens is 364 g/mol. The summed E-state index contributed by atoms with van der Waals surface area (Å²) in [5.41, 5.74) is 1.02. The van der Waals surface area contributed by atoms with Crippen LogP contribution in [-0.4, -0.2) is 62.3 Å². The van der Waals surface area contributed by atoms with Gasteiger partial charge in [0.25, 0.3) is 0 Å². The van der Waals surface area contributed by atoms with Gasteiger partial charge in [0.2, 0.25) is 5.91 Å². The van der Waals surface area contributed by atoms with E-state index in [0.29, 0.717) is 19.4 Å². The number of amides is 1. The van der Waals surface area contributed by atoms with Gasteiger partial charge >= 0.3 is 5.97 Å². The monoisotopic (exact) mass is 394 g/mol. The van der Waals surface area contributed by atoms with Gasteiger partial charge in [0.05, 0.1) is 13.7 Å². The SMILES string of the molecule is COC(=O)[C@H](CCSC)NC(=O)C(Cc1ccccc1)OC[C@@H]1CCCN1. The highest BCUT2D eigenvalue weighted by Gasteiger charge is 2.28. The highest BCUT2D eigenvalue weighted by Crippen LogP contribution is 2.12. The Kier molecular flexibility index (Phi) is 9.66. The first-order chi connectivity index (χ1) is 13.1. The topological polar surface area (TPSA) is 76.7 Å². The molecule has 0 radical (unpaired) electrons. The van der Waals surface area contributed by atoms with E-state index in [1.807, 2.05) is 36.6 Å². The quantitative estimate of drug-likeness (QED) is 0.557. The fourth-order valence-electron chi connectivity index (χ4n) is 3.08. The van der Waals surface area contributed by atoms with Crippen LogP contribution in [-0.2, 0) is 25.5 Å². The molecule has 1 aliphatic heterocycles. The number of ether oxygens (including phenoxy) is 2. The molecule has 7 heteroatoms. The summed E-state index contributed by atoms with van der Waals surface area (Å²) in [5.74, 6) is 0.0673. The predicted molar refractivity (Wildman–Crippen MR) is 108 cm³/mol. The number of carbonyl (C=O) groups is 2. The molecule has 1 fully saturated rings. The molecule has 1 saturated heterocycles. The van der Waals surface area contributed by atoms with Crippen LogP contribution >= 0.6 is 11.8 Å². The van der Waals surface area contributed by atoms with Crippen molar-refractivity contribution in [2.75, 3.05) is 32.3 Å². The third-order valence-corrected chi connectivity index (χ3v) is 5.27. The summed E-state index contributed by atoms with van der Waals surface area (Å²) < 4.78 is 10.8. The highest BCUT2D eigenvalue weighted by atomic mass is 32.2. The van der Waals surface area contributed by atoms with Gasteiger partial charge in [0.15, 0.2) is 0 Å². The Morgan fingerprint density at radius 1 is 1.33 bits per heavy atom. The van der Waals surface area contributed by atoms with Gasteiger partial charge in [-0.2, -0.15) is 11.8 Å². The average Bonchev–Trinajstić information content (AvgIpc) is 3.21. The van der Waals surface area contributed by atoms with E-state index in [0.717, 1.165) is 30.7 Å². The summed E-state index contributed by atoms with van der Waals surface area (Å²) in [6.07, 6.45) is 4.50. The summed E-state index contributed by atoms with van der Waals surface area (Å²) in [5, 5.41) is 6.20. The van der Waals surface area contributed by atoms with Gasteiger partial charge in [-0.25, -0.2) is 4.79 Å². The Balaban J connectivity index is 2.01. The molecule has 1 heterocycles. The Morgan fingerprint density at radius 3 is 2.74 bits per heavy atom. The molecule has 2 N–H and O–H groups in total. The number of thioether (sulfide) groups is 1. The van der Waals surface area contributed by atoms with Crippen molar-refractivity contribution in [3.8, 4) is 0 Å². The van der Waals surface area contributed by atoms with Crippen LogP contribution in [0.3, 0.4) is 0 Å². The molecule has 27 heavy (non-hydrogen) atoms. The lowest BCUT2D eigenvalue weighted by Crippen LogP contribution is -2.48. The lowest BCUT2D eigenvalue weighted by Gasteiger charge is -2.23. The van der Waals surface area contributed by atoms with Crippen LogP contribution < -0.4 is 10.6 Å². The van der Waals surface area contributed by atoms with Gasteiger partial charge in [-0.15, -0.1) is 0 Å². The maximum atomic E-state index is 12.9. The van der Waals surface area contributed by atoms with Crippen LogP contribution in [0.2, 0.25) is 0 Å². The minimum absolute atomic E-state index is 0.270. The Hall–Kier alpha value is -1.57. The first kappa shape index (κ1) is 21.7. The molecular formula is C20H30N2O4S. The van der Waals surface area contributed by atoms with Gasteiger partial charge < -0.3 is 20.1 Å². The number of carbonyl (C=O) groups excluding carboxylic acids is 2. The number of rotatable bonds is 11. The van der Waals surface area contributed by atoms with Crippen molar-refractivity contribution in [3.63, 3.8) is 0 Å². The van der Waals surface area contributed by atoms with E-state index in [1.165, 1.54) is 7.11 Å². The largest absolute Gasteiger partial charge is 0.467 e. The summed E-state index contributed by atoms with van der Waals surface area (Å²) in [6, 6.07) is 9.41. The van der Waals surface area contributed by atoms with Crippen LogP contribution in [0.5, 0.6) is 0 Å². The molecule has 1 unspecified atom stereocenters. The number of hydrogen-bond acceptors (Lipinski definition) is 6. The normalized spacial score (nSPS) is 18.7. The van der Waals surface area contributed by atoms with E-state index < -0.39 is 18.1 Å². The lowest BCUT2D eigenvalue weighted by molar-refractivity contribution is -0.147. The van der Waals surface area contributed by atoms with E-state index in [4.69, 9.17) is 9.47 Å². The number of nitrogens with one attached hydrogen (secondary N) is 2. The zero-order valence-electron chi connectivity index (χ0n) is 16.1. The molecule has 0 spiro atoms. The molecule has 2 rings (SSSR count). The fourth-order valence-corrected chi connectivity index (χ4v) is 3.55.